The molecule has 0 unspecified atom stereocenters. The number of nitrogens with one attached hydrogen (secondary N) is 1. The molecule has 1 fully saturated rings. The highest BCUT2D eigenvalue weighted by Gasteiger charge is 2.30. The summed E-state index contributed by atoms with van der Waals surface area (Å²) >= 11 is 0. The minimum atomic E-state index is -0.656. The van der Waals surface area contributed by atoms with E-state index >= 15 is 0 Å². The molecule has 0 aliphatic carbocycles. The largest absolute Gasteiger partial charge is 0.490 e. The van der Waals surface area contributed by atoms with Gasteiger partial charge in [0.2, 0.25) is 17.6 Å². The van der Waals surface area contributed by atoms with E-state index in [9.17, 15) is 14.5 Å². The van der Waals surface area contributed by atoms with Gasteiger partial charge in [-0.15, -0.1) is 0 Å². The Labute approximate surface area is 339 Å². The number of primary amides is 1. The van der Waals surface area contributed by atoms with Gasteiger partial charge in [-0.25, -0.2) is 24.5 Å². The van der Waals surface area contributed by atoms with Crippen LogP contribution in [0.3, 0.4) is 0 Å². The standard InChI is InChI=1S/C40H48N12O7/c1-5-28-33(58-24(3)44-28)23-52(55)40-47-30-19-27(36(42)53)20-32(57-15-9-10-49-13-16-56-17-14-49)34(30)50(40)11-7-8-12-51-37-31(18-26(21-41)22-43-37)46-39(51)48-38(54)35-29(6-2)45-25(4)59-35/h7-8,18-20,22H,5-6,9-17,21,23,41H2,1-4H3,(H2-,42,46,48,53,54)/p+1/b8-7+. The van der Waals surface area contributed by atoms with Gasteiger partial charge in [0.25, 0.3) is 5.91 Å². The van der Waals surface area contributed by atoms with Gasteiger partial charge in [0.15, 0.2) is 46.5 Å². The third kappa shape index (κ3) is 9.06. The van der Waals surface area contributed by atoms with Crippen LogP contribution in [0.4, 0.5) is 11.9 Å². The summed E-state index contributed by atoms with van der Waals surface area (Å²) in [6.07, 6.45) is 7.20. The van der Waals surface area contributed by atoms with E-state index in [0.29, 0.717) is 89.5 Å². The lowest BCUT2D eigenvalue weighted by Gasteiger charge is -2.26. The fourth-order valence-electron chi connectivity index (χ4n) is 7.08. The summed E-state index contributed by atoms with van der Waals surface area (Å²) < 4.78 is 27.5. The molecule has 310 valence electrons. The number of benzene rings is 1. The summed E-state index contributed by atoms with van der Waals surface area (Å²) in [7, 11) is 0. The van der Waals surface area contributed by atoms with Gasteiger partial charge in [-0.1, -0.05) is 35.9 Å². The molecule has 19 heteroatoms. The Kier molecular flexibility index (Phi) is 12.5. The number of nitrogens with two attached hydrogens (primary N) is 2. The number of carbonyl (C=O) groups excluding carboxylic acids is 2. The zero-order valence-corrected chi connectivity index (χ0v) is 33.7. The number of aryl methyl sites for hydroxylation is 4. The lowest BCUT2D eigenvalue weighted by Crippen LogP contribution is -2.37. The van der Waals surface area contributed by atoms with E-state index in [1.54, 1.807) is 41.3 Å². The summed E-state index contributed by atoms with van der Waals surface area (Å²) in [6, 6.07) is 4.96. The Balaban J connectivity index is 1.22. The van der Waals surface area contributed by atoms with Gasteiger partial charge >= 0.3 is 5.95 Å². The van der Waals surface area contributed by atoms with Gasteiger partial charge in [-0.2, -0.15) is 0 Å². The first-order valence-corrected chi connectivity index (χ1v) is 19.7. The number of pyridine rings is 1. The molecule has 0 radical (unpaired) electrons. The molecule has 1 aromatic carbocycles. The number of ether oxygens (including phenoxy) is 2. The quantitative estimate of drug-likeness (QED) is 0.0624. The van der Waals surface area contributed by atoms with E-state index in [-0.39, 0.29) is 49.4 Å². The first-order valence-electron chi connectivity index (χ1n) is 19.7. The number of fused-ring (bicyclic) bond motifs is 2. The van der Waals surface area contributed by atoms with Crippen molar-refractivity contribution in [3.63, 3.8) is 0 Å². The van der Waals surface area contributed by atoms with Crippen LogP contribution in [0.2, 0.25) is 0 Å². The number of rotatable bonds is 18. The van der Waals surface area contributed by atoms with E-state index in [1.165, 1.54) is 0 Å². The maximum absolute atomic E-state index is 14.1. The highest BCUT2D eigenvalue weighted by atomic mass is 16.5. The number of hydrogen-bond acceptors (Lipinski definition) is 14. The molecule has 19 nitrogen and oxygen atoms in total. The Morgan fingerprint density at radius 2 is 1.68 bits per heavy atom. The van der Waals surface area contributed by atoms with Crippen molar-refractivity contribution in [1.29, 1.82) is 0 Å². The highest BCUT2D eigenvalue weighted by molar-refractivity contribution is 6.03. The predicted octanol–water partition coefficient (Wildman–Crippen LogP) is 4.28. The number of carbonyl (C=O) groups is 2. The molecular formula is C40H49N12O7+. The van der Waals surface area contributed by atoms with Crippen LogP contribution in [0.15, 0.2) is 45.4 Å². The van der Waals surface area contributed by atoms with Gasteiger partial charge in [-0.3, -0.25) is 24.4 Å². The maximum Gasteiger partial charge on any atom is 0.436 e. The molecule has 6 heterocycles. The van der Waals surface area contributed by atoms with Crippen molar-refractivity contribution in [1.82, 2.24) is 39.0 Å². The topological polar surface area (TPSA) is 241 Å². The fraction of sp³-hybridized carbons (Fsp3) is 0.425. The third-order valence-corrected chi connectivity index (χ3v) is 9.97. The fourth-order valence-corrected chi connectivity index (χ4v) is 7.08. The van der Waals surface area contributed by atoms with Crippen LogP contribution >= 0.6 is 0 Å². The van der Waals surface area contributed by atoms with Crippen LogP contribution in [0.25, 0.3) is 22.2 Å². The highest BCUT2D eigenvalue weighted by Crippen LogP contribution is 2.33. The minimum absolute atomic E-state index is 0.0617. The van der Waals surface area contributed by atoms with Crippen molar-refractivity contribution in [2.24, 2.45) is 11.5 Å². The summed E-state index contributed by atoms with van der Waals surface area (Å²) in [5.41, 5.74) is 15.8. The van der Waals surface area contributed by atoms with E-state index in [4.69, 9.17) is 34.8 Å². The molecule has 5 aromatic heterocycles. The number of hydrogen-bond donors (Lipinski definition) is 3. The van der Waals surface area contributed by atoms with E-state index in [2.05, 4.69) is 30.2 Å². The molecule has 0 saturated carbocycles. The number of nitrogens with zero attached hydrogens (tertiary/aromatic N) is 9. The molecule has 2 amide bonds. The number of allylic oxidation sites excluding steroid dienone is 2. The van der Waals surface area contributed by atoms with Crippen molar-refractivity contribution in [2.45, 2.75) is 73.1 Å². The normalized spacial score (nSPS) is 13.6. The van der Waals surface area contributed by atoms with Crippen molar-refractivity contribution in [3.05, 3.63) is 87.3 Å². The molecule has 0 atom stereocenters. The number of morpholine rings is 1. The van der Waals surface area contributed by atoms with Crippen molar-refractivity contribution in [2.75, 3.05) is 44.8 Å². The van der Waals surface area contributed by atoms with Crippen molar-refractivity contribution >= 4 is 45.9 Å². The van der Waals surface area contributed by atoms with Crippen molar-refractivity contribution in [3.8, 4) is 5.75 Å². The van der Waals surface area contributed by atoms with Crippen LogP contribution in [0.1, 0.15) is 75.7 Å². The van der Waals surface area contributed by atoms with Gasteiger partial charge in [-0.05, 0) is 47.8 Å². The average Bonchev–Trinajstić information content (AvgIpc) is 4.00. The van der Waals surface area contributed by atoms with Crippen molar-refractivity contribution < 1.29 is 32.7 Å². The maximum atomic E-state index is 14.1. The average molecular weight is 810 g/mol. The second-order valence-electron chi connectivity index (χ2n) is 14.1. The summed E-state index contributed by atoms with van der Waals surface area (Å²) in [5.74, 6) is 0.910. The van der Waals surface area contributed by atoms with Gasteiger partial charge in [0, 0.05) is 58.3 Å². The lowest BCUT2D eigenvalue weighted by molar-refractivity contribution is -0.492. The van der Waals surface area contributed by atoms with E-state index < -0.39 is 11.8 Å². The first-order chi connectivity index (χ1) is 28.6. The number of amides is 2. The third-order valence-electron chi connectivity index (χ3n) is 9.97. The monoisotopic (exact) mass is 809 g/mol. The molecule has 1 aliphatic heterocycles. The number of oxazole rings is 2. The SMILES string of the molecule is CCc1nc(C)oc1C[N+](=O)c1nc2cc(C(N)=O)cc(OCCCN3CCOCC3)c2n1C/C=C/Cn1c(NC(=O)c2oc(C)nc2CC)nc2cc(CN)cnc21. The van der Waals surface area contributed by atoms with E-state index in [1.807, 2.05) is 32.1 Å². The molecular weight excluding hydrogens is 761 g/mol. The van der Waals surface area contributed by atoms with Crippen LogP contribution in [0, 0.1) is 18.8 Å². The number of aromatic nitrogens is 7. The Hall–Kier alpha value is -6.31. The molecule has 59 heavy (non-hydrogen) atoms. The number of anilines is 1. The summed E-state index contributed by atoms with van der Waals surface area (Å²) in [4.78, 5) is 65.1. The minimum Gasteiger partial charge on any atom is -0.490 e. The second kappa shape index (κ2) is 18.1. The lowest BCUT2D eigenvalue weighted by atomic mass is 10.1. The molecule has 0 bridgehead atoms. The zero-order chi connectivity index (χ0) is 41.6. The molecule has 5 N–H and O–H groups in total. The van der Waals surface area contributed by atoms with Crippen LogP contribution in [0.5, 0.6) is 5.75 Å². The molecule has 1 saturated heterocycles. The Morgan fingerprint density at radius 1 is 0.949 bits per heavy atom. The Bertz CT molecular complexity index is 2520. The summed E-state index contributed by atoms with van der Waals surface area (Å²) in [6.45, 7) is 12.0. The molecule has 0 spiro atoms. The van der Waals surface area contributed by atoms with Gasteiger partial charge in [0.1, 0.15) is 5.52 Å². The van der Waals surface area contributed by atoms with Crippen LogP contribution < -0.4 is 21.5 Å². The summed E-state index contributed by atoms with van der Waals surface area (Å²) in [5, 5.41) is 2.88. The smallest absolute Gasteiger partial charge is 0.436 e. The van der Waals surface area contributed by atoms with Gasteiger partial charge in [0.05, 0.1) is 37.8 Å². The molecule has 6 aromatic rings. The molecule has 7 rings (SSSR count). The zero-order valence-electron chi connectivity index (χ0n) is 33.7. The molecule has 1 aliphatic rings. The van der Waals surface area contributed by atoms with Crippen LogP contribution in [-0.2, 0) is 43.8 Å². The first kappa shape index (κ1) is 40.9. The Morgan fingerprint density at radius 3 is 2.41 bits per heavy atom. The van der Waals surface area contributed by atoms with Crippen LogP contribution in [-0.4, -0.2) is 95.0 Å². The van der Waals surface area contributed by atoms with E-state index in [0.717, 1.165) is 36.4 Å². The van der Waals surface area contributed by atoms with Gasteiger partial charge < -0.3 is 29.8 Å². The number of imidazole rings is 2. The predicted molar refractivity (Wildman–Crippen MR) is 216 cm³/mol. The second-order valence-corrected chi connectivity index (χ2v) is 14.1. The number of nitroso groups, excluding NO2 is 1.